The summed E-state index contributed by atoms with van der Waals surface area (Å²) in [5, 5.41) is 0.197. The number of hydrogen-bond donors (Lipinski definition) is 2. The van der Waals surface area contributed by atoms with Crippen LogP contribution in [-0.4, -0.2) is 15.9 Å². The van der Waals surface area contributed by atoms with Crippen LogP contribution in [0, 0.1) is 11.8 Å². The third-order valence-corrected chi connectivity index (χ3v) is 1.42. The first-order valence-corrected chi connectivity index (χ1v) is 4.02. The van der Waals surface area contributed by atoms with Crippen molar-refractivity contribution < 1.29 is 4.79 Å². The lowest BCUT2D eigenvalue weighted by atomic mass is 10.3. The van der Waals surface area contributed by atoms with Gasteiger partial charge >= 0.3 is 0 Å². The highest BCUT2D eigenvalue weighted by Crippen LogP contribution is 2.08. The molecule has 0 aromatic carbocycles. The molecule has 0 saturated heterocycles. The maximum absolute atomic E-state index is 10.4. The second-order valence-corrected chi connectivity index (χ2v) is 2.76. The lowest BCUT2D eigenvalue weighted by Crippen LogP contribution is -2.08. The molecule has 14 heavy (non-hydrogen) atoms. The predicted molar refractivity (Wildman–Crippen MR) is 52.1 cm³/mol. The second-order valence-electron chi connectivity index (χ2n) is 2.37. The minimum atomic E-state index is -0.502. The highest BCUT2D eigenvalue weighted by Gasteiger charge is 1.99. The molecule has 4 N–H and O–H groups in total. The number of nitrogen functional groups attached to an aromatic ring is 1. The zero-order chi connectivity index (χ0) is 10.6. The Morgan fingerprint density at radius 2 is 2.36 bits per heavy atom. The van der Waals surface area contributed by atoms with Crippen molar-refractivity contribution >= 4 is 23.3 Å². The number of halogens is 1. The number of amides is 1. The van der Waals surface area contributed by atoms with Crippen LogP contribution in [0.15, 0.2) is 6.20 Å². The number of rotatable bonds is 1. The molecule has 0 aliphatic carbocycles. The van der Waals surface area contributed by atoms with E-state index in [0.29, 0.717) is 0 Å². The molecule has 1 aromatic heterocycles. The van der Waals surface area contributed by atoms with Crippen LogP contribution in [0.1, 0.15) is 12.1 Å². The number of anilines is 1. The Kier molecular flexibility index (Phi) is 3.26. The van der Waals surface area contributed by atoms with Gasteiger partial charge in [0.25, 0.3) is 0 Å². The third-order valence-electron chi connectivity index (χ3n) is 1.24. The predicted octanol–water partition coefficient (Wildman–Crippen LogP) is -0.0609. The maximum Gasteiger partial charge on any atom is 0.229 e. The number of primary amides is 1. The molecule has 0 unspecified atom stereocenters. The molecular weight excluding hydrogens is 204 g/mol. The lowest BCUT2D eigenvalue weighted by molar-refractivity contribution is -0.117. The normalized spacial score (nSPS) is 8.93. The summed E-state index contributed by atoms with van der Waals surface area (Å²) in [7, 11) is 0. The van der Waals surface area contributed by atoms with E-state index < -0.39 is 5.91 Å². The Hall–Kier alpha value is -1.80. The van der Waals surface area contributed by atoms with Crippen molar-refractivity contribution in [2.75, 3.05) is 5.73 Å². The first-order valence-electron chi connectivity index (χ1n) is 3.65. The first-order chi connectivity index (χ1) is 6.59. The molecule has 0 aliphatic rings. The van der Waals surface area contributed by atoms with Crippen LogP contribution in [-0.2, 0) is 4.79 Å². The summed E-state index contributed by atoms with van der Waals surface area (Å²) in [6, 6.07) is 0. The molecule has 0 aliphatic heterocycles. The Bertz CT molecular complexity index is 421. The van der Waals surface area contributed by atoms with Crippen LogP contribution in [0.4, 0.5) is 5.82 Å². The fourth-order valence-electron chi connectivity index (χ4n) is 0.692. The van der Waals surface area contributed by atoms with Gasteiger partial charge in [-0.15, -0.1) is 0 Å². The fourth-order valence-corrected chi connectivity index (χ4v) is 0.832. The molecule has 1 amide bonds. The average molecular weight is 211 g/mol. The fraction of sp³-hybridized carbons (Fsp3) is 0.125. The number of carbonyl (C=O) groups is 1. The summed E-state index contributed by atoms with van der Waals surface area (Å²) in [6.07, 6.45) is 1.29. The van der Waals surface area contributed by atoms with Crippen molar-refractivity contribution in [3.05, 3.63) is 17.0 Å². The highest BCUT2D eigenvalue weighted by atomic mass is 35.5. The van der Waals surface area contributed by atoms with E-state index in [1.807, 2.05) is 0 Å². The van der Waals surface area contributed by atoms with Gasteiger partial charge in [0.2, 0.25) is 5.91 Å². The Morgan fingerprint density at radius 1 is 1.64 bits per heavy atom. The average Bonchev–Trinajstić information content (AvgIpc) is 2.08. The van der Waals surface area contributed by atoms with E-state index in [1.165, 1.54) is 6.20 Å². The van der Waals surface area contributed by atoms with Crippen molar-refractivity contribution in [3.63, 3.8) is 0 Å². The van der Waals surface area contributed by atoms with Gasteiger partial charge in [-0.05, 0) is 5.92 Å². The number of hydrogen-bond acceptors (Lipinski definition) is 4. The third kappa shape index (κ3) is 2.92. The SMILES string of the molecule is NC(=O)CC#Cc1ncc(Cl)nc1N. The highest BCUT2D eigenvalue weighted by molar-refractivity contribution is 6.29. The molecule has 1 heterocycles. The van der Waals surface area contributed by atoms with Crippen molar-refractivity contribution in [2.24, 2.45) is 5.73 Å². The number of aromatic nitrogens is 2. The molecule has 0 bridgehead atoms. The van der Waals surface area contributed by atoms with Gasteiger partial charge in [-0.2, -0.15) is 0 Å². The number of nitrogens with zero attached hydrogens (tertiary/aromatic N) is 2. The molecule has 72 valence electrons. The zero-order valence-electron chi connectivity index (χ0n) is 7.12. The Balaban J connectivity index is 2.85. The topological polar surface area (TPSA) is 94.9 Å². The quantitative estimate of drug-likeness (QED) is 0.635. The number of nitrogens with two attached hydrogens (primary N) is 2. The smallest absolute Gasteiger partial charge is 0.229 e. The Labute approximate surface area is 85.5 Å². The van der Waals surface area contributed by atoms with E-state index in [2.05, 4.69) is 21.8 Å². The second kappa shape index (κ2) is 4.44. The monoisotopic (exact) mass is 210 g/mol. The molecule has 0 fully saturated rings. The van der Waals surface area contributed by atoms with Crippen LogP contribution in [0.2, 0.25) is 5.15 Å². The molecule has 0 radical (unpaired) electrons. The molecule has 0 atom stereocenters. The van der Waals surface area contributed by atoms with E-state index in [-0.39, 0.29) is 23.1 Å². The van der Waals surface area contributed by atoms with Gasteiger partial charge in [0.1, 0.15) is 5.15 Å². The minimum Gasteiger partial charge on any atom is -0.381 e. The van der Waals surface area contributed by atoms with Gasteiger partial charge in [-0.25, -0.2) is 9.97 Å². The van der Waals surface area contributed by atoms with E-state index >= 15 is 0 Å². The van der Waals surface area contributed by atoms with E-state index in [9.17, 15) is 4.79 Å². The van der Waals surface area contributed by atoms with E-state index in [4.69, 9.17) is 23.1 Å². The first kappa shape index (κ1) is 10.3. The molecule has 0 spiro atoms. The summed E-state index contributed by atoms with van der Waals surface area (Å²) in [6.45, 7) is 0. The van der Waals surface area contributed by atoms with Gasteiger partial charge in [-0.1, -0.05) is 17.5 Å². The van der Waals surface area contributed by atoms with Crippen LogP contribution in [0.5, 0.6) is 0 Å². The lowest BCUT2D eigenvalue weighted by Gasteiger charge is -1.95. The summed E-state index contributed by atoms with van der Waals surface area (Å²) in [4.78, 5) is 17.9. The van der Waals surface area contributed by atoms with Crippen LogP contribution >= 0.6 is 11.6 Å². The van der Waals surface area contributed by atoms with E-state index in [0.717, 1.165) is 0 Å². The van der Waals surface area contributed by atoms with Crippen LogP contribution < -0.4 is 11.5 Å². The van der Waals surface area contributed by atoms with Gasteiger partial charge in [0.05, 0.1) is 12.6 Å². The summed E-state index contributed by atoms with van der Waals surface area (Å²) >= 11 is 5.53. The van der Waals surface area contributed by atoms with Crippen molar-refractivity contribution in [2.45, 2.75) is 6.42 Å². The summed E-state index contributed by atoms with van der Waals surface area (Å²) in [5.41, 5.74) is 10.6. The van der Waals surface area contributed by atoms with Crippen LogP contribution in [0.25, 0.3) is 0 Å². The van der Waals surface area contributed by atoms with Gasteiger partial charge in [-0.3, -0.25) is 4.79 Å². The standard InChI is InChI=1S/C8H7ClN4O/c9-6-4-12-5(8(11)13-6)2-1-3-7(10)14/h4H,3H2,(H2,10,14)(H2,11,13). The molecule has 1 aromatic rings. The Morgan fingerprint density at radius 3 is 2.93 bits per heavy atom. The minimum absolute atomic E-state index is 0.0379. The molecule has 1 rings (SSSR count). The van der Waals surface area contributed by atoms with Crippen LogP contribution in [0.3, 0.4) is 0 Å². The molecular formula is C8H7ClN4O. The maximum atomic E-state index is 10.4. The van der Waals surface area contributed by atoms with Crippen molar-refractivity contribution in [3.8, 4) is 11.8 Å². The number of carbonyl (C=O) groups excluding carboxylic acids is 1. The molecule has 6 heteroatoms. The molecule has 5 nitrogen and oxygen atoms in total. The van der Waals surface area contributed by atoms with Crippen molar-refractivity contribution in [1.29, 1.82) is 0 Å². The zero-order valence-corrected chi connectivity index (χ0v) is 7.88. The van der Waals surface area contributed by atoms with E-state index in [1.54, 1.807) is 0 Å². The summed E-state index contributed by atoms with van der Waals surface area (Å²) < 4.78 is 0. The van der Waals surface area contributed by atoms with Gasteiger partial charge in [0, 0.05) is 0 Å². The largest absolute Gasteiger partial charge is 0.381 e. The molecule has 0 saturated carbocycles. The summed E-state index contributed by atoms with van der Waals surface area (Å²) in [5.74, 6) is 4.71. The van der Waals surface area contributed by atoms with Gasteiger partial charge in [0.15, 0.2) is 11.5 Å². The van der Waals surface area contributed by atoms with Gasteiger partial charge < -0.3 is 11.5 Å². The van der Waals surface area contributed by atoms with Crippen molar-refractivity contribution in [1.82, 2.24) is 9.97 Å².